The largest absolute Gasteiger partial charge is 0.287 e. The third-order valence-electron chi connectivity index (χ3n) is 4.80. The van der Waals surface area contributed by atoms with E-state index in [-0.39, 0.29) is 6.04 Å². The van der Waals surface area contributed by atoms with Crippen LogP contribution in [0.1, 0.15) is 46.6 Å². The molecule has 3 atom stereocenters. The normalized spacial score (nSPS) is 24.3. The summed E-state index contributed by atoms with van der Waals surface area (Å²) < 4.78 is 4.26. The summed E-state index contributed by atoms with van der Waals surface area (Å²) in [4.78, 5) is 3.75. The van der Waals surface area contributed by atoms with Gasteiger partial charge in [-0.05, 0) is 29.7 Å². The predicted molar refractivity (Wildman–Crippen MR) is 93.6 cm³/mol. The van der Waals surface area contributed by atoms with Crippen molar-refractivity contribution in [2.75, 3.05) is 7.05 Å². The monoisotopic (exact) mass is 321 g/mol. The second-order valence-corrected chi connectivity index (χ2v) is 6.93. The Morgan fingerprint density at radius 1 is 0.913 bits per heavy atom. The molecule has 4 rings (SSSR count). The molecular weight excluding hydrogens is 302 g/mol. The molecule has 0 radical (unpaired) electrons. The smallest absolute Gasteiger partial charge is 0.0854 e. The van der Waals surface area contributed by atoms with Gasteiger partial charge in [-0.1, -0.05) is 72.1 Å². The van der Waals surface area contributed by atoms with Gasteiger partial charge >= 0.3 is 0 Å². The van der Waals surface area contributed by atoms with E-state index in [1.807, 2.05) is 0 Å². The fourth-order valence-corrected chi connectivity index (χ4v) is 4.69. The second-order valence-electron chi connectivity index (χ2n) is 6.15. The Hall–Kier alpha value is -2.04. The first kappa shape index (κ1) is 14.5. The minimum absolute atomic E-state index is 0.215. The van der Waals surface area contributed by atoms with Crippen LogP contribution < -0.4 is 0 Å². The molecule has 0 amide bonds. The molecule has 3 nitrogen and oxygen atoms in total. The average molecular weight is 321 g/mol. The van der Waals surface area contributed by atoms with Gasteiger partial charge in [-0.2, -0.15) is 0 Å². The summed E-state index contributed by atoms with van der Waals surface area (Å²) >= 11 is 1.53. The van der Waals surface area contributed by atoms with Crippen molar-refractivity contribution >= 4 is 11.5 Å². The van der Waals surface area contributed by atoms with Gasteiger partial charge in [0.2, 0.25) is 0 Å². The van der Waals surface area contributed by atoms with Crippen molar-refractivity contribution in [1.82, 2.24) is 14.5 Å². The summed E-state index contributed by atoms with van der Waals surface area (Å²) in [5, 5.41) is 4.47. The van der Waals surface area contributed by atoms with E-state index in [0.717, 1.165) is 5.69 Å². The Bertz CT molecular complexity index is 785. The SMILES string of the molecule is CC1c2nnsc2C(c2ccccc2)N(C)C1c1ccccc1. The van der Waals surface area contributed by atoms with Crippen LogP contribution in [0.25, 0.3) is 0 Å². The zero-order chi connectivity index (χ0) is 15.8. The number of benzene rings is 2. The molecule has 0 aliphatic carbocycles. The highest BCUT2D eigenvalue weighted by molar-refractivity contribution is 7.05. The van der Waals surface area contributed by atoms with Crippen LogP contribution >= 0.6 is 11.5 Å². The zero-order valence-electron chi connectivity index (χ0n) is 13.3. The van der Waals surface area contributed by atoms with Crippen molar-refractivity contribution in [2.24, 2.45) is 0 Å². The highest BCUT2D eigenvalue weighted by atomic mass is 32.1. The van der Waals surface area contributed by atoms with Crippen LogP contribution in [0.4, 0.5) is 0 Å². The molecule has 1 aliphatic rings. The maximum absolute atomic E-state index is 4.47. The van der Waals surface area contributed by atoms with E-state index >= 15 is 0 Å². The molecule has 1 aliphatic heterocycles. The maximum atomic E-state index is 4.47. The quantitative estimate of drug-likeness (QED) is 0.700. The fraction of sp³-hybridized carbons (Fsp3) is 0.263. The Kier molecular flexibility index (Phi) is 3.71. The maximum Gasteiger partial charge on any atom is 0.0854 e. The number of nitrogens with zero attached hydrogens (tertiary/aromatic N) is 3. The third kappa shape index (κ3) is 2.38. The number of hydrogen-bond donors (Lipinski definition) is 0. The van der Waals surface area contributed by atoms with E-state index in [9.17, 15) is 0 Å². The lowest BCUT2D eigenvalue weighted by atomic mass is 9.83. The third-order valence-corrected chi connectivity index (χ3v) is 5.59. The van der Waals surface area contributed by atoms with E-state index in [1.165, 1.54) is 27.5 Å². The van der Waals surface area contributed by atoms with Gasteiger partial charge in [0.05, 0.1) is 16.6 Å². The summed E-state index contributed by atoms with van der Waals surface area (Å²) in [6.45, 7) is 2.26. The van der Waals surface area contributed by atoms with Crippen LogP contribution in [0.5, 0.6) is 0 Å². The molecule has 4 heteroatoms. The van der Waals surface area contributed by atoms with Crippen molar-refractivity contribution < 1.29 is 0 Å². The van der Waals surface area contributed by atoms with E-state index in [4.69, 9.17) is 0 Å². The number of fused-ring (bicyclic) bond motifs is 1. The summed E-state index contributed by atoms with van der Waals surface area (Å²) in [6.07, 6.45) is 0. The number of rotatable bonds is 2. The van der Waals surface area contributed by atoms with Gasteiger partial charge in [0.25, 0.3) is 0 Å². The van der Waals surface area contributed by atoms with Crippen LogP contribution in [0.15, 0.2) is 60.7 Å². The van der Waals surface area contributed by atoms with Crippen molar-refractivity contribution in [3.63, 3.8) is 0 Å². The standard InChI is InChI=1S/C19H19N3S/c1-13-16-19(23-21-20-16)18(15-11-7-4-8-12-15)22(2)17(13)14-9-5-3-6-10-14/h3-13,17-18H,1-2H3. The summed E-state index contributed by atoms with van der Waals surface area (Å²) in [5.41, 5.74) is 3.79. The molecule has 0 fully saturated rings. The first-order valence-corrected chi connectivity index (χ1v) is 8.68. The molecule has 0 spiro atoms. The van der Waals surface area contributed by atoms with Crippen LogP contribution in [0.2, 0.25) is 0 Å². The minimum Gasteiger partial charge on any atom is -0.287 e. The van der Waals surface area contributed by atoms with Crippen molar-refractivity contribution in [1.29, 1.82) is 0 Å². The van der Waals surface area contributed by atoms with Gasteiger partial charge in [0.15, 0.2) is 0 Å². The first-order chi connectivity index (χ1) is 11.3. The van der Waals surface area contributed by atoms with Crippen molar-refractivity contribution in [3.05, 3.63) is 82.4 Å². The summed E-state index contributed by atoms with van der Waals surface area (Å²) in [5.74, 6) is 0.330. The highest BCUT2D eigenvalue weighted by Gasteiger charge is 2.40. The molecule has 2 aromatic carbocycles. The molecule has 0 N–H and O–H groups in total. The molecule has 23 heavy (non-hydrogen) atoms. The average Bonchev–Trinajstić information content (AvgIpc) is 3.07. The molecule has 0 saturated heterocycles. The van der Waals surface area contributed by atoms with Crippen LogP contribution in [0.3, 0.4) is 0 Å². The van der Waals surface area contributed by atoms with Crippen LogP contribution in [-0.4, -0.2) is 21.5 Å². The van der Waals surface area contributed by atoms with Gasteiger partial charge in [0, 0.05) is 12.0 Å². The minimum atomic E-state index is 0.215. The fourth-order valence-electron chi connectivity index (χ4n) is 3.75. The lowest BCUT2D eigenvalue weighted by Gasteiger charge is -2.42. The van der Waals surface area contributed by atoms with Gasteiger partial charge < -0.3 is 0 Å². The van der Waals surface area contributed by atoms with E-state index in [0.29, 0.717) is 12.0 Å². The second kappa shape index (κ2) is 5.87. The number of aromatic nitrogens is 2. The summed E-state index contributed by atoms with van der Waals surface area (Å²) in [6, 6.07) is 21.9. The summed E-state index contributed by atoms with van der Waals surface area (Å²) in [7, 11) is 2.22. The van der Waals surface area contributed by atoms with E-state index < -0.39 is 0 Å². The van der Waals surface area contributed by atoms with Gasteiger partial charge in [-0.15, -0.1) is 5.10 Å². The molecule has 3 unspecified atom stereocenters. The van der Waals surface area contributed by atoms with Crippen molar-refractivity contribution in [2.45, 2.75) is 24.9 Å². The van der Waals surface area contributed by atoms with Crippen LogP contribution in [0, 0.1) is 0 Å². The van der Waals surface area contributed by atoms with Crippen LogP contribution in [-0.2, 0) is 0 Å². The number of likely N-dealkylation sites (N-methyl/N-ethyl adjacent to an activating group) is 1. The highest BCUT2D eigenvalue weighted by Crippen LogP contribution is 2.48. The number of hydrogen-bond acceptors (Lipinski definition) is 4. The Morgan fingerprint density at radius 3 is 2.17 bits per heavy atom. The molecular formula is C19H19N3S. The Morgan fingerprint density at radius 2 is 1.52 bits per heavy atom. The molecule has 0 saturated carbocycles. The van der Waals surface area contributed by atoms with Crippen molar-refractivity contribution in [3.8, 4) is 0 Å². The Balaban J connectivity index is 1.86. The molecule has 2 heterocycles. The van der Waals surface area contributed by atoms with Gasteiger partial charge in [-0.3, -0.25) is 4.90 Å². The lowest BCUT2D eigenvalue weighted by Crippen LogP contribution is -2.37. The molecule has 0 bridgehead atoms. The lowest BCUT2D eigenvalue weighted by molar-refractivity contribution is 0.158. The molecule has 1 aromatic heterocycles. The Labute approximate surface area is 140 Å². The van der Waals surface area contributed by atoms with Gasteiger partial charge in [-0.25, -0.2) is 0 Å². The van der Waals surface area contributed by atoms with Gasteiger partial charge in [0.1, 0.15) is 0 Å². The topological polar surface area (TPSA) is 29.0 Å². The molecule has 116 valence electrons. The van der Waals surface area contributed by atoms with E-state index in [2.05, 4.69) is 89.1 Å². The van der Waals surface area contributed by atoms with E-state index in [1.54, 1.807) is 0 Å². The molecule has 3 aromatic rings. The predicted octanol–water partition coefficient (Wildman–Crippen LogP) is 4.42. The zero-order valence-corrected chi connectivity index (χ0v) is 14.1. The first-order valence-electron chi connectivity index (χ1n) is 7.91.